The Bertz CT molecular complexity index is 379. The van der Waals surface area contributed by atoms with E-state index in [0.29, 0.717) is 5.02 Å². The van der Waals surface area contributed by atoms with Gasteiger partial charge in [-0.3, -0.25) is 0 Å². The minimum absolute atomic E-state index is 0.281. The van der Waals surface area contributed by atoms with Crippen molar-refractivity contribution in [2.75, 3.05) is 0 Å². The Balaban J connectivity index is 2.27. The summed E-state index contributed by atoms with van der Waals surface area (Å²) in [5.41, 5.74) is 0.565. The van der Waals surface area contributed by atoms with Gasteiger partial charge in [-0.15, -0.1) is 0 Å². The molecule has 1 heterocycles. The number of carbonyl (C=O) groups is 1. The van der Waals surface area contributed by atoms with E-state index < -0.39 is 5.97 Å². The Morgan fingerprint density at radius 1 is 1.71 bits per heavy atom. The van der Waals surface area contributed by atoms with Gasteiger partial charge in [-0.2, -0.15) is 0 Å². The van der Waals surface area contributed by atoms with Crippen LogP contribution >= 0.6 is 11.6 Å². The summed E-state index contributed by atoms with van der Waals surface area (Å²) in [6.45, 7) is 2.91. The summed E-state index contributed by atoms with van der Waals surface area (Å²) < 4.78 is 1.73. The van der Waals surface area contributed by atoms with Gasteiger partial charge in [0.25, 0.3) is 0 Å². The fourth-order valence-corrected chi connectivity index (χ4v) is 1.79. The van der Waals surface area contributed by atoms with Gasteiger partial charge < -0.3 is 9.67 Å². The third-order valence-electron chi connectivity index (χ3n) is 2.74. The number of aromatic carboxylic acids is 1. The number of hydrogen-bond acceptors (Lipinski definition) is 1. The first-order chi connectivity index (χ1) is 6.50. The summed E-state index contributed by atoms with van der Waals surface area (Å²) in [5.74, 6) is -0.916. The van der Waals surface area contributed by atoms with Gasteiger partial charge in [0, 0.05) is 12.7 Å². The van der Waals surface area contributed by atoms with E-state index in [2.05, 4.69) is 6.92 Å². The minimum Gasteiger partial charge on any atom is -0.477 e. The Kier molecular flexibility index (Phi) is 2.07. The molecule has 1 N–H and O–H groups in total. The lowest BCUT2D eigenvalue weighted by molar-refractivity contribution is 0.0684. The Morgan fingerprint density at radius 2 is 2.36 bits per heavy atom. The van der Waals surface area contributed by atoms with Gasteiger partial charge >= 0.3 is 5.97 Å². The highest BCUT2D eigenvalue weighted by atomic mass is 35.5. The molecule has 3 nitrogen and oxygen atoms in total. The Labute approximate surface area is 87.3 Å². The molecule has 76 valence electrons. The van der Waals surface area contributed by atoms with Crippen LogP contribution in [0.15, 0.2) is 12.3 Å². The van der Waals surface area contributed by atoms with E-state index >= 15 is 0 Å². The van der Waals surface area contributed by atoms with E-state index in [-0.39, 0.29) is 11.1 Å². The maximum Gasteiger partial charge on any atom is 0.352 e. The van der Waals surface area contributed by atoms with E-state index in [4.69, 9.17) is 16.7 Å². The molecule has 0 radical (unpaired) electrons. The average Bonchev–Trinajstić information content (AvgIpc) is 2.66. The lowest BCUT2D eigenvalue weighted by atomic mass is 10.1. The first-order valence-electron chi connectivity index (χ1n) is 4.59. The van der Waals surface area contributed by atoms with Gasteiger partial charge in [0.1, 0.15) is 5.69 Å². The van der Waals surface area contributed by atoms with E-state index in [1.165, 1.54) is 18.9 Å². The molecular weight excluding hydrogens is 202 g/mol. The normalized spacial score (nSPS) is 18.1. The van der Waals surface area contributed by atoms with Crippen LogP contribution in [0.4, 0.5) is 0 Å². The second-order valence-electron chi connectivity index (χ2n) is 4.29. The third kappa shape index (κ3) is 1.77. The molecule has 1 aromatic heterocycles. The third-order valence-corrected chi connectivity index (χ3v) is 2.94. The van der Waals surface area contributed by atoms with E-state index in [1.807, 2.05) is 0 Å². The van der Waals surface area contributed by atoms with Crippen LogP contribution < -0.4 is 0 Å². The molecule has 1 saturated carbocycles. The maximum absolute atomic E-state index is 10.9. The SMILES string of the molecule is CC1(Cn2cc(Cl)cc2C(=O)O)CC1. The molecule has 0 unspecified atom stereocenters. The van der Waals surface area contributed by atoms with Gasteiger partial charge in [0.05, 0.1) is 5.02 Å². The number of carboxylic acids is 1. The van der Waals surface area contributed by atoms with Gasteiger partial charge in [-0.25, -0.2) is 4.79 Å². The number of carboxylic acid groups (broad SMARTS) is 1. The topological polar surface area (TPSA) is 42.2 Å². The van der Waals surface area contributed by atoms with Crippen LogP contribution in [0.5, 0.6) is 0 Å². The van der Waals surface area contributed by atoms with Gasteiger partial charge in [0.15, 0.2) is 0 Å². The molecule has 1 fully saturated rings. The monoisotopic (exact) mass is 213 g/mol. The van der Waals surface area contributed by atoms with Gasteiger partial charge in [-0.1, -0.05) is 18.5 Å². The van der Waals surface area contributed by atoms with Crippen LogP contribution in [0.3, 0.4) is 0 Å². The summed E-state index contributed by atoms with van der Waals surface area (Å²) in [5, 5.41) is 9.41. The van der Waals surface area contributed by atoms with Crippen molar-refractivity contribution < 1.29 is 9.90 Å². The highest BCUT2D eigenvalue weighted by molar-refractivity contribution is 6.30. The zero-order chi connectivity index (χ0) is 10.3. The lowest BCUT2D eigenvalue weighted by Crippen LogP contribution is -2.13. The molecule has 0 bridgehead atoms. The number of nitrogens with zero attached hydrogens (tertiary/aromatic N) is 1. The molecule has 0 aliphatic heterocycles. The van der Waals surface area contributed by atoms with Crippen molar-refractivity contribution in [3.8, 4) is 0 Å². The quantitative estimate of drug-likeness (QED) is 0.839. The van der Waals surface area contributed by atoms with Gasteiger partial charge in [-0.05, 0) is 24.3 Å². The maximum atomic E-state index is 10.9. The van der Waals surface area contributed by atoms with Crippen molar-refractivity contribution in [3.05, 3.63) is 23.0 Å². The van der Waals surface area contributed by atoms with Crippen molar-refractivity contribution in [1.82, 2.24) is 4.57 Å². The largest absolute Gasteiger partial charge is 0.477 e. The highest BCUT2D eigenvalue weighted by Crippen LogP contribution is 2.46. The van der Waals surface area contributed by atoms with Crippen LogP contribution in [-0.4, -0.2) is 15.6 Å². The molecule has 2 rings (SSSR count). The fraction of sp³-hybridized carbons (Fsp3) is 0.500. The van der Waals surface area contributed by atoms with Crippen molar-refractivity contribution in [2.24, 2.45) is 5.41 Å². The predicted molar refractivity (Wildman–Crippen MR) is 53.7 cm³/mol. The zero-order valence-electron chi connectivity index (χ0n) is 7.96. The number of halogens is 1. The van der Waals surface area contributed by atoms with E-state index in [0.717, 1.165) is 6.54 Å². The van der Waals surface area contributed by atoms with Crippen molar-refractivity contribution in [1.29, 1.82) is 0 Å². The summed E-state index contributed by atoms with van der Waals surface area (Å²) in [6, 6.07) is 1.50. The molecule has 14 heavy (non-hydrogen) atoms. The molecule has 0 aromatic carbocycles. The molecule has 0 atom stereocenters. The second kappa shape index (κ2) is 3.02. The van der Waals surface area contributed by atoms with Gasteiger partial charge in [0.2, 0.25) is 0 Å². The molecule has 0 spiro atoms. The van der Waals surface area contributed by atoms with E-state index in [1.54, 1.807) is 10.8 Å². The first kappa shape index (κ1) is 9.59. The van der Waals surface area contributed by atoms with Crippen molar-refractivity contribution in [2.45, 2.75) is 26.3 Å². The number of aromatic nitrogens is 1. The molecule has 4 heteroatoms. The molecule has 1 aliphatic rings. The average molecular weight is 214 g/mol. The minimum atomic E-state index is -0.916. The highest BCUT2D eigenvalue weighted by Gasteiger charge is 2.38. The van der Waals surface area contributed by atoms with Crippen LogP contribution in [0.25, 0.3) is 0 Å². The summed E-state index contributed by atoms with van der Waals surface area (Å²) >= 11 is 5.77. The second-order valence-corrected chi connectivity index (χ2v) is 4.72. The van der Waals surface area contributed by atoms with Crippen LogP contribution in [0.1, 0.15) is 30.3 Å². The molecule has 0 saturated heterocycles. The summed E-state index contributed by atoms with van der Waals surface area (Å²) in [6.07, 6.45) is 4.03. The fourth-order valence-electron chi connectivity index (χ4n) is 1.57. The van der Waals surface area contributed by atoms with Crippen LogP contribution in [-0.2, 0) is 6.54 Å². The summed E-state index contributed by atoms with van der Waals surface area (Å²) in [7, 11) is 0. The zero-order valence-corrected chi connectivity index (χ0v) is 8.71. The Hall–Kier alpha value is -0.960. The summed E-state index contributed by atoms with van der Waals surface area (Å²) in [4.78, 5) is 10.9. The lowest BCUT2D eigenvalue weighted by Gasteiger charge is -2.11. The van der Waals surface area contributed by atoms with Crippen LogP contribution in [0, 0.1) is 5.41 Å². The molecule has 1 aliphatic carbocycles. The van der Waals surface area contributed by atoms with E-state index in [9.17, 15) is 4.79 Å². The smallest absolute Gasteiger partial charge is 0.352 e. The number of rotatable bonds is 3. The predicted octanol–water partition coefficient (Wildman–Crippen LogP) is 2.64. The van der Waals surface area contributed by atoms with Crippen molar-refractivity contribution in [3.63, 3.8) is 0 Å². The van der Waals surface area contributed by atoms with Crippen molar-refractivity contribution >= 4 is 17.6 Å². The standard InChI is InChI=1S/C10H12ClNO2/c1-10(2-3-10)6-12-5-7(11)4-8(12)9(13)14/h4-5H,2-3,6H2,1H3,(H,13,14). The first-order valence-corrected chi connectivity index (χ1v) is 4.97. The molecular formula is C10H12ClNO2. The number of hydrogen-bond donors (Lipinski definition) is 1. The molecule has 1 aromatic rings. The Morgan fingerprint density at radius 3 is 2.86 bits per heavy atom. The molecule has 0 amide bonds. The van der Waals surface area contributed by atoms with Crippen LogP contribution in [0.2, 0.25) is 5.02 Å².